The molecular weight excluding hydrogens is 206 g/mol. The van der Waals surface area contributed by atoms with E-state index in [9.17, 15) is 4.79 Å². The van der Waals surface area contributed by atoms with E-state index < -0.39 is 11.5 Å². The summed E-state index contributed by atoms with van der Waals surface area (Å²) in [6.07, 6.45) is 3.43. The molecule has 5 heteroatoms. The van der Waals surface area contributed by atoms with Gasteiger partial charge in [-0.25, -0.2) is 4.79 Å². The van der Waals surface area contributed by atoms with E-state index in [0.29, 0.717) is 18.0 Å². The maximum absolute atomic E-state index is 10.8. The largest absolute Gasteiger partial charge is 0.480 e. The minimum atomic E-state index is -1.28. The van der Waals surface area contributed by atoms with E-state index in [1.54, 1.807) is 13.8 Å². The number of nitrogens with zero attached hydrogens (tertiary/aromatic N) is 1. The average molecular weight is 227 g/mol. The molecular formula is C11H21N3O2. The standard InChI is InChI=1S/C11H21N3O2/c1-8(11(3,13)10(15)16)6-4-5-7-14-9(2)12/h6H,4-5,7,13H2,1-3H3,(H2,12,14)(H,15,16). The number of unbranched alkanes of at least 4 members (excludes halogenated alkanes) is 1. The van der Waals surface area contributed by atoms with Crippen LogP contribution in [0.15, 0.2) is 16.6 Å². The molecule has 0 aliphatic carbocycles. The summed E-state index contributed by atoms with van der Waals surface area (Å²) < 4.78 is 0. The van der Waals surface area contributed by atoms with Crippen molar-refractivity contribution in [1.82, 2.24) is 0 Å². The lowest BCUT2D eigenvalue weighted by molar-refractivity contribution is -0.141. The van der Waals surface area contributed by atoms with Crippen LogP contribution >= 0.6 is 0 Å². The number of rotatable bonds is 6. The minimum Gasteiger partial charge on any atom is -0.480 e. The van der Waals surface area contributed by atoms with Gasteiger partial charge in [0.15, 0.2) is 0 Å². The third-order valence-electron chi connectivity index (χ3n) is 2.44. The number of amidine groups is 1. The number of carboxylic acid groups (broad SMARTS) is 1. The zero-order valence-electron chi connectivity index (χ0n) is 10.2. The van der Waals surface area contributed by atoms with E-state index in [-0.39, 0.29) is 0 Å². The quantitative estimate of drug-likeness (QED) is 0.271. The zero-order valence-corrected chi connectivity index (χ0v) is 10.2. The van der Waals surface area contributed by atoms with Gasteiger partial charge >= 0.3 is 5.97 Å². The molecule has 1 unspecified atom stereocenters. The Morgan fingerprint density at radius 3 is 2.50 bits per heavy atom. The van der Waals surface area contributed by atoms with Gasteiger partial charge in [0.05, 0.1) is 5.84 Å². The highest BCUT2D eigenvalue weighted by molar-refractivity contribution is 5.82. The molecule has 0 aliphatic rings. The summed E-state index contributed by atoms with van der Waals surface area (Å²) in [7, 11) is 0. The molecule has 0 fully saturated rings. The predicted molar refractivity (Wildman–Crippen MR) is 65.4 cm³/mol. The van der Waals surface area contributed by atoms with E-state index in [1.807, 2.05) is 6.08 Å². The predicted octanol–water partition coefficient (Wildman–Crippen LogP) is 0.892. The Kier molecular flexibility index (Phi) is 5.74. The van der Waals surface area contributed by atoms with Crippen LogP contribution < -0.4 is 11.5 Å². The molecule has 0 bridgehead atoms. The van der Waals surface area contributed by atoms with E-state index in [4.69, 9.17) is 16.6 Å². The molecule has 0 heterocycles. The number of aliphatic carboxylic acids is 1. The molecule has 0 radical (unpaired) electrons. The molecule has 0 aromatic heterocycles. The summed E-state index contributed by atoms with van der Waals surface area (Å²) >= 11 is 0. The van der Waals surface area contributed by atoms with Gasteiger partial charge in [-0.15, -0.1) is 0 Å². The highest BCUT2D eigenvalue weighted by Gasteiger charge is 2.29. The van der Waals surface area contributed by atoms with Crippen LogP contribution in [0.1, 0.15) is 33.6 Å². The average Bonchev–Trinajstić information content (AvgIpc) is 2.16. The van der Waals surface area contributed by atoms with Crippen molar-refractivity contribution in [2.45, 2.75) is 39.2 Å². The molecule has 0 rings (SSSR count). The first-order valence-electron chi connectivity index (χ1n) is 5.24. The number of aliphatic imine (C=N–C) groups is 1. The van der Waals surface area contributed by atoms with E-state index >= 15 is 0 Å². The molecule has 1 atom stereocenters. The lowest BCUT2D eigenvalue weighted by Crippen LogP contribution is -2.45. The molecule has 0 spiro atoms. The van der Waals surface area contributed by atoms with Crippen LogP contribution in [0, 0.1) is 0 Å². The summed E-state index contributed by atoms with van der Waals surface area (Å²) in [5.74, 6) is -0.452. The molecule has 92 valence electrons. The van der Waals surface area contributed by atoms with Gasteiger partial charge < -0.3 is 16.6 Å². The van der Waals surface area contributed by atoms with Crippen molar-refractivity contribution in [2.24, 2.45) is 16.5 Å². The van der Waals surface area contributed by atoms with Crippen molar-refractivity contribution in [3.05, 3.63) is 11.6 Å². The fourth-order valence-electron chi connectivity index (χ4n) is 1.05. The number of hydrogen-bond acceptors (Lipinski definition) is 3. The Hall–Kier alpha value is -1.36. The Morgan fingerprint density at radius 1 is 1.50 bits per heavy atom. The second-order valence-electron chi connectivity index (χ2n) is 4.06. The third kappa shape index (κ3) is 4.93. The Balaban J connectivity index is 4.15. The van der Waals surface area contributed by atoms with E-state index in [1.165, 1.54) is 6.92 Å². The van der Waals surface area contributed by atoms with Gasteiger partial charge in [0.1, 0.15) is 5.54 Å². The molecule has 5 N–H and O–H groups in total. The van der Waals surface area contributed by atoms with Crippen LogP contribution in [-0.2, 0) is 4.79 Å². The van der Waals surface area contributed by atoms with Crippen molar-refractivity contribution in [2.75, 3.05) is 6.54 Å². The number of carboxylic acids is 1. The molecule has 0 saturated heterocycles. The number of nitrogens with two attached hydrogens (primary N) is 2. The maximum Gasteiger partial charge on any atom is 0.327 e. The normalized spacial score (nSPS) is 17.0. The van der Waals surface area contributed by atoms with Crippen LogP contribution in [0.25, 0.3) is 0 Å². The summed E-state index contributed by atoms with van der Waals surface area (Å²) in [5, 5.41) is 8.88. The summed E-state index contributed by atoms with van der Waals surface area (Å²) in [6.45, 7) is 5.61. The molecule has 0 saturated carbocycles. The molecule has 5 nitrogen and oxygen atoms in total. The van der Waals surface area contributed by atoms with Crippen molar-refractivity contribution in [3.63, 3.8) is 0 Å². The first-order valence-corrected chi connectivity index (χ1v) is 5.24. The van der Waals surface area contributed by atoms with Gasteiger partial charge in [0.25, 0.3) is 0 Å². The van der Waals surface area contributed by atoms with E-state index in [0.717, 1.165) is 12.8 Å². The summed E-state index contributed by atoms with van der Waals surface area (Å²) in [5.41, 5.74) is 10.4. The SMILES string of the molecule is CC(=CCCCN=C(C)N)C(C)(N)C(=O)O. The van der Waals surface area contributed by atoms with Gasteiger partial charge in [-0.3, -0.25) is 4.99 Å². The fourth-order valence-corrected chi connectivity index (χ4v) is 1.05. The van der Waals surface area contributed by atoms with Crippen LogP contribution in [0.3, 0.4) is 0 Å². The van der Waals surface area contributed by atoms with Crippen molar-refractivity contribution >= 4 is 11.8 Å². The van der Waals surface area contributed by atoms with Gasteiger partial charge in [-0.1, -0.05) is 6.08 Å². The molecule has 16 heavy (non-hydrogen) atoms. The minimum absolute atomic E-state index is 0.565. The lowest BCUT2D eigenvalue weighted by Gasteiger charge is -2.20. The van der Waals surface area contributed by atoms with Crippen LogP contribution in [0.5, 0.6) is 0 Å². The molecule has 0 aromatic rings. The van der Waals surface area contributed by atoms with Gasteiger partial charge in [-0.2, -0.15) is 0 Å². The van der Waals surface area contributed by atoms with E-state index in [2.05, 4.69) is 4.99 Å². The highest BCUT2D eigenvalue weighted by Crippen LogP contribution is 2.14. The number of hydrogen-bond donors (Lipinski definition) is 3. The lowest BCUT2D eigenvalue weighted by atomic mass is 9.93. The third-order valence-corrected chi connectivity index (χ3v) is 2.44. The first-order chi connectivity index (χ1) is 7.28. The van der Waals surface area contributed by atoms with Crippen LogP contribution in [-0.4, -0.2) is 29.0 Å². The highest BCUT2D eigenvalue weighted by atomic mass is 16.4. The number of allylic oxidation sites excluding steroid dienone is 1. The van der Waals surface area contributed by atoms with Crippen molar-refractivity contribution < 1.29 is 9.90 Å². The zero-order chi connectivity index (χ0) is 12.8. The Morgan fingerprint density at radius 2 is 2.06 bits per heavy atom. The summed E-state index contributed by atoms with van der Waals surface area (Å²) in [4.78, 5) is 14.9. The molecule has 0 amide bonds. The van der Waals surface area contributed by atoms with Gasteiger partial charge in [0, 0.05) is 6.54 Å². The van der Waals surface area contributed by atoms with Crippen LogP contribution in [0.2, 0.25) is 0 Å². The van der Waals surface area contributed by atoms with Gasteiger partial charge in [-0.05, 0) is 39.2 Å². The smallest absolute Gasteiger partial charge is 0.327 e. The first kappa shape index (κ1) is 14.6. The topological polar surface area (TPSA) is 102 Å². The van der Waals surface area contributed by atoms with Crippen molar-refractivity contribution in [3.8, 4) is 0 Å². The maximum atomic E-state index is 10.8. The fraction of sp³-hybridized carbons (Fsp3) is 0.636. The van der Waals surface area contributed by atoms with Crippen molar-refractivity contribution in [1.29, 1.82) is 0 Å². The monoisotopic (exact) mass is 227 g/mol. The molecule has 0 aromatic carbocycles. The van der Waals surface area contributed by atoms with Gasteiger partial charge in [0.2, 0.25) is 0 Å². The Bertz CT molecular complexity index is 302. The second kappa shape index (κ2) is 6.27. The number of carbonyl (C=O) groups is 1. The van der Waals surface area contributed by atoms with Crippen LogP contribution in [0.4, 0.5) is 0 Å². The molecule has 0 aliphatic heterocycles. The second-order valence-corrected chi connectivity index (χ2v) is 4.06. The Labute approximate surface area is 96.2 Å². The summed E-state index contributed by atoms with van der Waals surface area (Å²) in [6, 6.07) is 0.